The number of anilines is 2. The highest BCUT2D eigenvalue weighted by Crippen LogP contribution is 2.31. The molecule has 4 rings (SSSR count). The van der Waals surface area contributed by atoms with Gasteiger partial charge in [0.1, 0.15) is 0 Å². The number of nitrogens with one attached hydrogen (secondary N) is 1. The van der Waals surface area contributed by atoms with Crippen LogP contribution in [0.5, 0.6) is 0 Å². The largest absolute Gasteiger partial charge is 0.322 e. The maximum Gasteiger partial charge on any atom is 0.266 e. The zero-order chi connectivity index (χ0) is 21.4. The number of hydrogen-bond acceptors (Lipinski definition) is 4. The lowest BCUT2D eigenvalue weighted by Crippen LogP contribution is -2.29. The SMILES string of the molecule is CC(=O)c1ccc(NC(=O)c2ccc3c(c2)C(=O)N(c2ccccc2C)C3=O)cc1. The zero-order valence-electron chi connectivity index (χ0n) is 16.4. The second-order valence-electron chi connectivity index (χ2n) is 7.08. The Balaban J connectivity index is 1.60. The first-order chi connectivity index (χ1) is 14.4. The van der Waals surface area contributed by atoms with Gasteiger partial charge in [-0.05, 0) is 67.9 Å². The van der Waals surface area contributed by atoms with Crippen molar-refractivity contribution in [3.8, 4) is 0 Å². The molecule has 1 aliphatic heterocycles. The summed E-state index contributed by atoms with van der Waals surface area (Å²) in [6.07, 6.45) is 0. The third-order valence-corrected chi connectivity index (χ3v) is 5.05. The number of fused-ring (bicyclic) bond motifs is 1. The molecule has 0 saturated carbocycles. The molecule has 1 heterocycles. The topological polar surface area (TPSA) is 83.6 Å². The fourth-order valence-electron chi connectivity index (χ4n) is 3.41. The minimum absolute atomic E-state index is 0.0621. The number of Topliss-reactive ketones (excluding diaryl/α,β-unsaturated/α-hetero) is 1. The zero-order valence-corrected chi connectivity index (χ0v) is 16.4. The van der Waals surface area contributed by atoms with Crippen molar-refractivity contribution < 1.29 is 19.2 Å². The van der Waals surface area contributed by atoms with Crippen molar-refractivity contribution in [2.24, 2.45) is 0 Å². The summed E-state index contributed by atoms with van der Waals surface area (Å²) in [5.41, 5.74) is 3.13. The van der Waals surface area contributed by atoms with E-state index in [1.165, 1.54) is 25.1 Å². The molecule has 148 valence electrons. The van der Waals surface area contributed by atoms with E-state index in [1.54, 1.807) is 36.4 Å². The summed E-state index contributed by atoms with van der Waals surface area (Å²) in [4.78, 5) is 50.9. The molecule has 3 aromatic carbocycles. The molecule has 3 aromatic rings. The van der Waals surface area contributed by atoms with Crippen LogP contribution in [0.4, 0.5) is 11.4 Å². The third-order valence-electron chi connectivity index (χ3n) is 5.05. The van der Waals surface area contributed by atoms with Gasteiger partial charge in [0.05, 0.1) is 16.8 Å². The molecular weight excluding hydrogens is 380 g/mol. The molecule has 3 amide bonds. The minimum atomic E-state index is -0.454. The number of imide groups is 1. The predicted molar refractivity (Wildman–Crippen MR) is 113 cm³/mol. The number of nitrogens with zero attached hydrogens (tertiary/aromatic N) is 1. The Kier molecular flexibility index (Phi) is 4.75. The Morgan fingerprint density at radius 3 is 2.10 bits per heavy atom. The Labute approximate surface area is 173 Å². The van der Waals surface area contributed by atoms with Gasteiger partial charge in [0.25, 0.3) is 17.7 Å². The number of amides is 3. The number of aryl methyl sites for hydroxylation is 1. The predicted octanol–water partition coefficient (Wildman–Crippen LogP) is 4.25. The van der Waals surface area contributed by atoms with Gasteiger partial charge in [0.15, 0.2) is 5.78 Å². The number of ketones is 1. The average molecular weight is 398 g/mol. The minimum Gasteiger partial charge on any atom is -0.322 e. The second-order valence-corrected chi connectivity index (χ2v) is 7.08. The quantitative estimate of drug-likeness (QED) is 0.526. The van der Waals surface area contributed by atoms with E-state index in [1.807, 2.05) is 19.1 Å². The van der Waals surface area contributed by atoms with E-state index in [9.17, 15) is 19.2 Å². The Bertz CT molecular complexity index is 1210. The first kappa shape index (κ1) is 19.3. The van der Waals surface area contributed by atoms with Crippen LogP contribution < -0.4 is 10.2 Å². The molecule has 0 fully saturated rings. The highest BCUT2D eigenvalue weighted by molar-refractivity contribution is 6.35. The van der Waals surface area contributed by atoms with Gasteiger partial charge in [-0.1, -0.05) is 18.2 Å². The van der Waals surface area contributed by atoms with Crippen molar-refractivity contribution in [1.82, 2.24) is 0 Å². The molecule has 6 nitrogen and oxygen atoms in total. The van der Waals surface area contributed by atoms with Gasteiger partial charge in [-0.3, -0.25) is 19.2 Å². The maximum absolute atomic E-state index is 12.9. The van der Waals surface area contributed by atoms with E-state index in [4.69, 9.17) is 0 Å². The maximum atomic E-state index is 12.9. The molecule has 1 aliphatic rings. The summed E-state index contributed by atoms with van der Waals surface area (Å²) < 4.78 is 0. The van der Waals surface area contributed by atoms with Gasteiger partial charge >= 0.3 is 0 Å². The first-order valence-corrected chi connectivity index (χ1v) is 9.37. The highest BCUT2D eigenvalue weighted by atomic mass is 16.2. The van der Waals surface area contributed by atoms with Gasteiger partial charge in [0, 0.05) is 16.8 Å². The number of benzene rings is 3. The first-order valence-electron chi connectivity index (χ1n) is 9.37. The average Bonchev–Trinajstić information content (AvgIpc) is 2.98. The summed E-state index contributed by atoms with van der Waals surface area (Å²) in [6, 6.07) is 18.1. The van der Waals surface area contributed by atoms with Crippen LogP contribution in [0.15, 0.2) is 66.7 Å². The van der Waals surface area contributed by atoms with Crippen molar-refractivity contribution in [2.45, 2.75) is 13.8 Å². The van der Waals surface area contributed by atoms with Crippen LogP contribution in [0.25, 0.3) is 0 Å². The molecule has 0 unspecified atom stereocenters. The number of rotatable bonds is 4. The molecular formula is C24H18N2O4. The van der Waals surface area contributed by atoms with Gasteiger partial charge in [0.2, 0.25) is 0 Å². The number of carbonyl (C=O) groups is 4. The summed E-state index contributed by atoms with van der Waals surface area (Å²) in [6.45, 7) is 3.30. The lowest BCUT2D eigenvalue weighted by atomic mass is 10.1. The number of hydrogen-bond donors (Lipinski definition) is 1. The molecule has 0 bridgehead atoms. The van der Waals surface area contributed by atoms with Crippen molar-refractivity contribution in [1.29, 1.82) is 0 Å². The Hall–Kier alpha value is -4.06. The molecule has 1 N–H and O–H groups in total. The van der Waals surface area contributed by atoms with E-state index in [-0.39, 0.29) is 22.5 Å². The second kappa shape index (κ2) is 7.40. The van der Waals surface area contributed by atoms with E-state index >= 15 is 0 Å². The molecule has 30 heavy (non-hydrogen) atoms. The number of para-hydroxylation sites is 1. The summed E-state index contributed by atoms with van der Waals surface area (Å²) >= 11 is 0. The molecule has 0 atom stereocenters. The van der Waals surface area contributed by atoms with Crippen molar-refractivity contribution in [3.63, 3.8) is 0 Å². The van der Waals surface area contributed by atoms with Crippen LogP contribution >= 0.6 is 0 Å². The molecule has 0 radical (unpaired) electrons. The van der Waals surface area contributed by atoms with Gasteiger partial charge < -0.3 is 5.32 Å². The van der Waals surface area contributed by atoms with Gasteiger partial charge in [-0.25, -0.2) is 4.90 Å². The van der Waals surface area contributed by atoms with Crippen LogP contribution in [0.2, 0.25) is 0 Å². The van der Waals surface area contributed by atoms with Crippen LogP contribution in [0.3, 0.4) is 0 Å². The Morgan fingerprint density at radius 2 is 1.43 bits per heavy atom. The highest BCUT2D eigenvalue weighted by Gasteiger charge is 2.37. The lowest BCUT2D eigenvalue weighted by Gasteiger charge is -2.16. The van der Waals surface area contributed by atoms with Gasteiger partial charge in [-0.15, -0.1) is 0 Å². The van der Waals surface area contributed by atoms with E-state index in [2.05, 4.69) is 5.32 Å². The lowest BCUT2D eigenvalue weighted by molar-refractivity contribution is 0.0924. The summed E-state index contributed by atoms with van der Waals surface area (Å²) in [5, 5.41) is 2.73. The van der Waals surface area contributed by atoms with E-state index in [0.717, 1.165) is 10.5 Å². The normalized spacial score (nSPS) is 12.7. The van der Waals surface area contributed by atoms with Crippen molar-refractivity contribution >= 4 is 34.9 Å². The smallest absolute Gasteiger partial charge is 0.266 e. The van der Waals surface area contributed by atoms with Crippen molar-refractivity contribution in [3.05, 3.63) is 94.5 Å². The Morgan fingerprint density at radius 1 is 0.800 bits per heavy atom. The van der Waals surface area contributed by atoms with Crippen molar-refractivity contribution in [2.75, 3.05) is 10.2 Å². The molecule has 0 saturated heterocycles. The van der Waals surface area contributed by atoms with E-state index < -0.39 is 17.7 Å². The van der Waals surface area contributed by atoms with Crippen LogP contribution in [-0.2, 0) is 0 Å². The van der Waals surface area contributed by atoms with Crippen LogP contribution in [0, 0.1) is 6.92 Å². The third kappa shape index (κ3) is 3.28. The molecule has 0 aliphatic carbocycles. The fourth-order valence-corrected chi connectivity index (χ4v) is 3.41. The summed E-state index contributed by atoms with van der Waals surface area (Å²) in [7, 11) is 0. The summed E-state index contributed by atoms with van der Waals surface area (Å²) in [5.74, 6) is -1.34. The monoisotopic (exact) mass is 398 g/mol. The molecule has 6 heteroatoms. The molecule has 0 aromatic heterocycles. The number of carbonyl (C=O) groups excluding carboxylic acids is 4. The fraction of sp³-hybridized carbons (Fsp3) is 0.0833. The van der Waals surface area contributed by atoms with Gasteiger partial charge in [-0.2, -0.15) is 0 Å². The standard InChI is InChI=1S/C24H18N2O4/c1-14-5-3-4-6-21(14)26-23(29)19-12-9-17(13-20(19)24(26)30)22(28)25-18-10-7-16(8-11-18)15(2)27/h3-13H,1-2H3,(H,25,28). The van der Waals surface area contributed by atoms with Crippen LogP contribution in [-0.4, -0.2) is 23.5 Å². The molecule has 0 spiro atoms. The van der Waals surface area contributed by atoms with E-state index in [0.29, 0.717) is 16.9 Å². The van der Waals surface area contributed by atoms with Crippen LogP contribution in [0.1, 0.15) is 53.9 Å².